The predicted octanol–water partition coefficient (Wildman–Crippen LogP) is 1.88. The highest BCUT2D eigenvalue weighted by Gasteiger charge is 2.13. The summed E-state index contributed by atoms with van der Waals surface area (Å²) < 4.78 is 11.1. The summed E-state index contributed by atoms with van der Waals surface area (Å²) in [4.78, 5) is 2.23. The molecule has 100 valence electrons. The minimum Gasteiger partial charge on any atom is -0.486 e. The van der Waals surface area contributed by atoms with Crippen LogP contribution in [0.3, 0.4) is 0 Å². The van der Waals surface area contributed by atoms with E-state index >= 15 is 0 Å². The molecule has 0 saturated carbocycles. The molecular weight excluding hydrogens is 228 g/mol. The molecule has 4 nitrogen and oxygen atoms in total. The van der Waals surface area contributed by atoms with Gasteiger partial charge in [-0.05, 0) is 31.0 Å². The van der Waals surface area contributed by atoms with Crippen LogP contribution in [0, 0.1) is 5.92 Å². The van der Waals surface area contributed by atoms with Crippen LogP contribution in [-0.4, -0.2) is 33.4 Å². The molecule has 0 fully saturated rings. The van der Waals surface area contributed by atoms with Gasteiger partial charge < -0.3 is 20.1 Å². The number of fused-ring (bicyclic) bond motifs is 1. The minimum absolute atomic E-state index is 0.560. The first kappa shape index (κ1) is 13.0. The Morgan fingerprint density at radius 3 is 2.72 bits per heavy atom. The zero-order valence-corrected chi connectivity index (χ0v) is 11.2. The second-order valence-electron chi connectivity index (χ2n) is 4.88. The molecule has 1 unspecified atom stereocenters. The van der Waals surface area contributed by atoms with Crippen LogP contribution in [-0.2, 0) is 0 Å². The maximum absolute atomic E-state index is 5.63. The molecule has 1 heterocycles. The third-order valence-corrected chi connectivity index (χ3v) is 3.33. The molecule has 1 aromatic rings. The third kappa shape index (κ3) is 3.07. The second kappa shape index (κ2) is 5.96. The summed E-state index contributed by atoms with van der Waals surface area (Å²) in [6.07, 6.45) is 1.10. The molecule has 2 rings (SSSR count). The number of rotatable bonds is 5. The van der Waals surface area contributed by atoms with Crippen molar-refractivity contribution in [3.63, 3.8) is 0 Å². The molecule has 2 N–H and O–H groups in total. The molecule has 1 aromatic carbocycles. The molecule has 1 aliphatic heterocycles. The van der Waals surface area contributed by atoms with Gasteiger partial charge in [0.25, 0.3) is 0 Å². The predicted molar refractivity (Wildman–Crippen MR) is 73.5 cm³/mol. The van der Waals surface area contributed by atoms with Crippen molar-refractivity contribution in [2.75, 3.05) is 38.3 Å². The average Bonchev–Trinajstić information content (AvgIpc) is 2.43. The van der Waals surface area contributed by atoms with Crippen molar-refractivity contribution in [1.29, 1.82) is 0 Å². The number of anilines is 1. The lowest BCUT2D eigenvalue weighted by atomic mass is 10.1. The number of benzene rings is 1. The van der Waals surface area contributed by atoms with Crippen molar-refractivity contribution in [2.45, 2.75) is 13.3 Å². The van der Waals surface area contributed by atoms with Gasteiger partial charge in [-0.1, -0.05) is 6.92 Å². The van der Waals surface area contributed by atoms with Crippen LogP contribution in [0.25, 0.3) is 0 Å². The molecule has 0 bridgehead atoms. The Balaban J connectivity index is 1.99. The number of nitrogens with zero attached hydrogens (tertiary/aromatic N) is 1. The molecule has 1 atom stereocenters. The standard InChI is InChI=1S/C14H22N2O2/c1-11(10-15)5-6-16(2)12-3-4-13-14(9-12)18-8-7-17-13/h3-4,9,11H,5-8,10,15H2,1-2H3. The minimum atomic E-state index is 0.560. The monoisotopic (exact) mass is 250 g/mol. The van der Waals surface area contributed by atoms with Crippen LogP contribution in [0.2, 0.25) is 0 Å². The molecule has 0 aliphatic carbocycles. The molecular formula is C14H22N2O2. The van der Waals surface area contributed by atoms with Crippen LogP contribution in [0.5, 0.6) is 11.5 Å². The molecule has 0 spiro atoms. The first-order chi connectivity index (χ1) is 8.70. The van der Waals surface area contributed by atoms with E-state index in [4.69, 9.17) is 15.2 Å². The van der Waals surface area contributed by atoms with Gasteiger partial charge >= 0.3 is 0 Å². The van der Waals surface area contributed by atoms with Crippen LogP contribution >= 0.6 is 0 Å². The number of nitrogens with two attached hydrogens (primary N) is 1. The highest BCUT2D eigenvalue weighted by atomic mass is 16.6. The Bertz CT molecular complexity index is 395. The average molecular weight is 250 g/mol. The van der Waals surface area contributed by atoms with Gasteiger partial charge in [-0.2, -0.15) is 0 Å². The largest absolute Gasteiger partial charge is 0.486 e. The fraction of sp³-hybridized carbons (Fsp3) is 0.571. The van der Waals surface area contributed by atoms with Crippen LogP contribution in [0.1, 0.15) is 13.3 Å². The maximum atomic E-state index is 5.63. The zero-order valence-electron chi connectivity index (χ0n) is 11.2. The van der Waals surface area contributed by atoms with E-state index in [1.807, 2.05) is 12.1 Å². The summed E-state index contributed by atoms with van der Waals surface area (Å²) in [6.45, 7) is 5.19. The Kier molecular flexibility index (Phi) is 4.31. The highest BCUT2D eigenvalue weighted by molar-refractivity contribution is 5.56. The number of hydrogen-bond donors (Lipinski definition) is 1. The van der Waals surface area contributed by atoms with E-state index < -0.39 is 0 Å². The van der Waals surface area contributed by atoms with E-state index in [0.29, 0.717) is 19.1 Å². The summed E-state index contributed by atoms with van der Waals surface area (Å²) in [5.41, 5.74) is 6.79. The fourth-order valence-corrected chi connectivity index (χ4v) is 1.93. The molecule has 18 heavy (non-hydrogen) atoms. The van der Waals surface area contributed by atoms with E-state index in [-0.39, 0.29) is 0 Å². The van der Waals surface area contributed by atoms with E-state index in [2.05, 4.69) is 24.9 Å². The molecule has 0 aromatic heterocycles. The number of hydrogen-bond acceptors (Lipinski definition) is 4. The van der Waals surface area contributed by atoms with Gasteiger partial charge in [0.2, 0.25) is 0 Å². The SMILES string of the molecule is CC(CN)CCN(C)c1ccc2c(c1)OCCO2. The van der Waals surface area contributed by atoms with Crippen LogP contribution in [0.4, 0.5) is 5.69 Å². The van der Waals surface area contributed by atoms with Gasteiger partial charge in [0.05, 0.1) is 0 Å². The third-order valence-electron chi connectivity index (χ3n) is 3.33. The Hall–Kier alpha value is -1.42. The summed E-state index contributed by atoms with van der Waals surface area (Å²) in [7, 11) is 2.09. The van der Waals surface area contributed by atoms with E-state index in [1.165, 1.54) is 0 Å². The smallest absolute Gasteiger partial charge is 0.163 e. The normalized spacial score (nSPS) is 15.3. The maximum Gasteiger partial charge on any atom is 0.163 e. The zero-order chi connectivity index (χ0) is 13.0. The Morgan fingerprint density at radius 2 is 2.00 bits per heavy atom. The van der Waals surface area contributed by atoms with Crippen LogP contribution < -0.4 is 20.1 Å². The fourth-order valence-electron chi connectivity index (χ4n) is 1.93. The van der Waals surface area contributed by atoms with Crippen molar-refractivity contribution < 1.29 is 9.47 Å². The van der Waals surface area contributed by atoms with Crippen molar-refractivity contribution in [2.24, 2.45) is 11.7 Å². The summed E-state index contributed by atoms with van der Waals surface area (Å²) in [5.74, 6) is 2.25. The highest BCUT2D eigenvalue weighted by Crippen LogP contribution is 2.33. The summed E-state index contributed by atoms with van der Waals surface area (Å²) in [5, 5.41) is 0. The van der Waals surface area contributed by atoms with Gasteiger partial charge in [0.15, 0.2) is 11.5 Å². The first-order valence-corrected chi connectivity index (χ1v) is 6.51. The summed E-state index contributed by atoms with van der Waals surface area (Å²) >= 11 is 0. The van der Waals surface area contributed by atoms with Gasteiger partial charge in [0.1, 0.15) is 13.2 Å². The molecule has 0 saturated heterocycles. The van der Waals surface area contributed by atoms with E-state index in [1.54, 1.807) is 0 Å². The summed E-state index contributed by atoms with van der Waals surface area (Å²) in [6, 6.07) is 6.09. The lowest BCUT2D eigenvalue weighted by molar-refractivity contribution is 0.171. The van der Waals surface area contributed by atoms with E-state index in [0.717, 1.165) is 36.7 Å². The van der Waals surface area contributed by atoms with Crippen molar-refractivity contribution in [3.05, 3.63) is 18.2 Å². The van der Waals surface area contributed by atoms with Crippen molar-refractivity contribution >= 4 is 5.69 Å². The lowest BCUT2D eigenvalue weighted by Gasteiger charge is -2.24. The van der Waals surface area contributed by atoms with Gasteiger partial charge in [-0.3, -0.25) is 0 Å². The van der Waals surface area contributed by atoms with Crippen LogP contribution in [0.15, 0.2) is 18.2 Å². The molecule has 4 heteroatoms. The van der Waals surface area contributed by atoms with Gasteiger partial charge in [-0.15, -0.1) is 0 Å². The van der Waals surface area contributed by atoms with Gasteiger partial charge in [0, 0.05) is 25.3 Å². The number of ether oxygens (including phenoxy) is 2. The van der Waals surface area contributed by atoms with Gasteiger partial charge in [-0.25, -0.2) is 0 Å². The topological polar surface area (TPSA) is 47.7 Å². The molecule has 1 aliphatic rings. The Labute approximate surface area is 109 Å². The lowest BCUT2D eigenvalue weighted by Crippen LogP contribution is -2.23. The second-order valence-corrected chi connectivity index (χ2v) is 4.88. The quantitative estimate of drug-likeness (QED) is 0.867. The Morgan fingerprint density at radius 1 is 1.28 bits per heavy atom. The van der Waals surface area contributed by atoms with Crippen molar-refractivity contribution in [3.8, 4) is 11.5 Å². The van der Waals surface area contributed by atoms with Crippen molar-refractivity contribution in [1.82, 2.24) is 0 Å². The first-order valence-electron chi connectivity index (χ1n) is 6.51. The molecule has 0 amide bonds. The van der Waals surface area contributed by atoms with E-state index in [9.17, 15) is 0 Å². The molecule has 0 radical (unpaired) electrons.